The average Bonchev–Trinajstić information content (AvgIpc) is 3.33. The third-order valence-electron chi connectivity index (χ3n) is 6.02. The summed E-state index contributed by atoms with van der Waals surface area (Å²) in [7, 11) is 1.65. The zero-order chi connectivity index (χ0) is 19.6. The minimum absolute atomic E-state index is 0.0668. The van der Waals surface area contributed by atoms with E-state index in [-0.39, 0.29) is 17.7 Å². The first-order valence-corrected chi connectivity index (χ1v) is 10.1. The van der Waals surface area contributed by atoms with Crippen molar-refractivity contribution in [2.75, 3.05) is 46.5 Å². The smallest absolute Gasteiger partial charge is 0.228 e. The molecule has 4 rings (SSSR count). The Morgan fingerprint density at radius 1 is 1.25 bits per heavy atom. The number of piperidine rings is 1. The van der Waals surface area contributed by atoms with Gasteiger partial charge in [-0.05, 0) is 24.1 Å². The largest absolute Gasteiger partial charge is 0.497 e. The molecule has 1 aromatic carbocycles. The monoisotopic (exact) mass is 388 g/mol. The maximum absolute atomic E-state index is 12.9. The summed E-state index contributed by atoms with van der Waals surface area (Å²) < 4.78 is 16.7. The lowest BCUT2D eigenvalue weighted by atomic mass is 10.0. The maximum atomic E-state index is 12.9. The molecule has 0 N–H and O–H groups in total. The molecule has 0 aliphatic carbocycles. The molecule has 2 amide bonds. The molecule has 1 atom stereocenters. The van der Waals surface area contributed by atoms with Crippen LogP contribution < -0.4 is 4.74 Å². The number of likely N-dealkylation sites (tertiary alicyclic amines) is 2. The van der Waals surface area contributed by atoms with E-state index in [4.69, 9.17) is 14.2 Å². The first kappa shape index (κ1) is 19.2. The summed E-state index contributed by atoms with van der Waals surface area (Å²) in [5.74, 6) is 0.251. The van der Waals surface area contributed by atoms with E-state index in [0.717, 1.165) is 17.7 Å². The minimum Gasteiger partial charge on any atom is -0.497 e. The molecular weight excluding hydrogens is 360 g/mol. The molecule has 3 fully saturated rings. The maximum Gasteiger partial charge on any atom is 0.228 e. The molecular formula is C21H28N2O5. The quantitative estimate of drug-likeness (QED) is 0.764. The molecule has 1 aromatic rings. The molecule has 3 aliphatic rings. The number of carbonyl (C=O) groups is 2. The summed E-state index contributed by atoms with van der Waals surface area (Å²) in [5, 5.41) is 0. The van der Waals surface area contributed by atoms with Crippen LogP contribution in [0.4, 0.5) is 0 Å². The Morgan fingerprint density at radius 2 is 2.00 bits per heavy atom. The van der Waals surface area contributed by atoms with Crippen molar-refractivity contribution in [1.82, 2.24) is 9.80 Å². The SMILES string of the molecule is COc1cccc(CCN2CC(C(=O)N3CCC4(CC3)OCCO4)CC2=O)c1. The average molecular weight is 388 g/mol. The minimum atomic E-state index is -0.481. The fourth-order valence-corrected chi connectivity index (χ4v) is 4.36. The fraction of sp³-hybridized carbons (Fsp3) is 0.619. The summed E-state index contributed by atoms with van der Waals surface area (Å²) in [6.07, 6.45) is 2.48. The first-order chi connectivity index (χ1) is 13.6. The van der Waals surface area contributed by atoms with E-state index in [9.17, 15) is 9.59 Å². The lowest BCUT2D eigenvalue weighted by molar-refractivity contribution is -0.188. The topological polar surface area (TPSA) is 68.3 Å². The first-order valence-electron chi connectivity index (χ1n) is 10.1. The molecule has 152 valence electrons. The lowest BCUT2D eigenvalue weighted by Crippen LogP contribution is -2.49. The van der Waals surface area contributed by atoms with Crippen LogP contribution in [0.5, 0.6) is 5.75 Å². The van der Waals surface area contributed by atoms with E-state index in [2.05, 4.69) is 0 Å². The molecule has 0 aromatic heterocycles. The van der Waals surface area contributed by atoms with Crippen molar-refractivity contribution in [1.29, 1.82) is 0 Å². The highest BCUT2D eigenvalue weighted by atomic mass is 16.7. The van der Waals surface area contributed by atoms with Gasteiger partial charge < -0.3 is 24.0 Å². The number of benzene rings is 1. The molecule has 28 heavy (non-hydrogen) atoms. The van der Waals surface area contributed by atoms with E-state index in [1.807, 2.05) is 34.1 Å². The predicted molar refractivity (Wildman–Crippen MR) is 102 cm³/mol. The predicted octanol–water partition coefficient (Wildman–Crippen LogP) is 1.45. The van der Waals surface area contributed by atoms with Crippen molar-refractivity contribution in [3.05, 3.63) is 29.8 Å². The van der Waals surface area contributed by atoms with E-state index in [1.54, 1.807) is 7.11 Å². The Morgan fingerprint density at radius 3 is 2.71 bits per heavy atom. The highest BCUT2D eigenvalue weighted by Crippen LogP contribution is 2.32. The van der Waals surface area contributed by atoms with Gasteiger partial charge in [-0.2, -0.15) is 0 Å². The van der Waals surface area contributed by atoms with Crippen LogP contribution in [-0.4, -0.2) is 73.9 Å². The van der Waals surface area contributed by atoms with Gasteiger partial charge >= 0.3 is 0 Å². The number of nitrogens with zero attached hydrogens (tertiary/aromatic N) is 2. The normalized spacial score (nSPS) is 24.2. The van der Waals surface area contributed by atoms with Crippen LogP contribution in [0.3, 0.4) is 0 Å². The number of carbonyl (C=O) groups excluding carboxylic acids is 2. The highest BCUT2D eigenvalue weighted by Gasteiger charge is 2.43. The van der Waals surface area contributed by atoms with Crippen molar-refractivity contribution in [2.45, 2.75) is 31.5 Å². The van der Waals surface area contributed by atoms with Crippen LogP contribution in [0.15, 0.2) is 24.3 Å². The van der Waals surface area contributed by atoms with Gasteiger partial charge in [-0.3, -0.25) is 9.59 Å². The van der Waals surface area contributed by atoms with Gasteiger partial charge in [-0.25, -0.2) is 0 Å². The second kappa shape index (κ2) is 8.09. The van der Waals surface area contributed by atoms with Crippen LogP contribution in [-0.2, 0) is 25.5 Å². The summed E-state index contributed by atoms with van der Waals surface area (Å²) in [6, 6.07) is 7.87. The molecule has 3 aliphatic heterocycles. The lowest BCUT2D eigenvalue weighted by Gasteiger charge is -2.38. The van der Waals surface area contributed by atoms with Crippen molar-refractivity contribution in [3.8, 4) is 5.75 Å². The van der Waals surface area contributed by atoms with Crippen molar-refractivity contribution < 1.29 is 23.8 Å². The van der Waals surface area contributed by atoms with Crippen molar-refractivity contribution in [2.24, 2.45) is 5.92 Å². The Labute approximate surface area is 165 Å². The Bertz CT molecular complexity index is 721. The molecule has 1 spiro atoms. The number of methoxy groups -OCH3 is 1. The third kappa shape index (κ3) is 4.00. The third-order valence-corrected chi connectivity index (χ3v) is 6.02. The molecule has 1 unspecified atom stereocenters. The molecule has 0 saturated carbocycles. The zero-order valence-electron chi connectivity index (χ0n) is 16.4. The summed E-state index contributed by atoms with van der Waals surface area (Å²) in [5.41, 5.74) is 1.12. The van der Waals surface area contributed by atoms with E-state index < -0.39 is 5.79 Å². The molecule has 0 bridgehead atoms. The standard InChI is InChI=1S/C21H28N2O5/c1-26-18-4-2-3-16(13-18)5-8-23-15-17(14-19(23)24)20(25)22-9-6-21(7-10-22)27-11-12-28-21/h2-4,13,17H,5-12,14-15H2,1H3. The Kier molecular flexibility index (Phi) is 5.55. The van der Waals surface area contributed by atoms with Crippen LogP contribution in [0, 0.1) is 5.92 Å². The highest BCUT2D eigenvalue weighted by molar-refractivity contribution is 5.89. The molecule has 7 nitrogen and oxygen atoms in total. The number of hydrogen-bond donors (Lipinski definition) is 0. The van der Waals surface area contributed by atoms with Gasteiger partial charge in [-0.15, -0.1) is 0 Å². The van der Waals surface area contributed by atoms with Gasteiger partial charge in [-0.1, -0.05) is 12.1 Å². The Balaban J connectivity index is 1.28. The van der Waals surface area contributed by atoms with Gasteiger partial charge in [0.25, 0.3) is 0 Å². The van der Waals surface area contributed by atoms with Gasteiger partial charge in [0.15, 0.2) is 5.79 Å². The zero-order valence-corrected chi connectivity index (χ0v) is 16.4. The number of hydrogen-bond acceptors (Lipinski definition) is 5. The summed E-state index contributed by atoms with van der Waals surface area (Å²) in [4.78, 5) is 29.0. The second-order valence-electron chi connectivity index (χ2n) is 7.78. The van der Waals surface area contributed by atoms with E-state index in [1.165, 1.54) is 0 Å². The van der Waals surface area contributed by atoms with Crippen LogP contribution in [0.1, 0.15) is 24.8 Å². The second-order valence-corrected chi connectivity index (χ2v) is 7.78. The molecule has 0 radical (unpaired) electrons. The molecule has 3 saturated heterocycles. The van der Waals surface area contributed by atoms with Crippen molar-refractivity contribution >= 4 is 11.8 Å². The Hall–Kier alpha value is -2.12. The van der Waals surface area contributed by atoms with Gasteiger partial charge in [0.1, 0.15) is 5.75 Å². The van der Waals surface area contributed by atoms with Crippen LogP contribution >= 0.6 is 0 Å². The molecule has 7 heteroatoms. The van der Waals surface area contributed by atoms with Gasteiger partial charge in [0.05, 0.1) is 26.2 Å². The number of ether oxygens (including phenoxy) is 3. The van der Waals surface area contributed by atoms with Crippen molar-refractivity contribution in [3.63, 3.8) is 0 Å². The summed E-state index contributed by atoms with van der Waals surface area (Å²) >= 11 is 0. The summed E-state index contributed by atoms with van der Waals surface area (Å²) in [6.45, 7) is 3.66. The van der Waals surface area contributed by atoms with E-state index in [0.29, 0.717) is 58.7 Å². The number of amides is 2. The number of rotatable bonds is 5. The van der Waals surface area contributed by atoms with E-state index >= 15 is 0 Å². The van der Waals surface area contributed by atoms with Crippen LogP contribution in [0.25, 0.3) is 0 Å². The van der Waals surface area contributed by atoms with Gasteiger partial charge in [0, 0.05) is 45.4 Å². The molecule has 3 heterocycles. The van der Waals surface area contributed by atoms with Crippen LogP contribution in [0.2, 0.25) is 0 Å². The fourth-order valence-electron chi connectivity index (χ4n) is 4.36. The van der Waals surface area contributed by atoms with Gasteiger partial charge in [0.2, 0.25) is 11.8 Å².